The summed E-state index contributed by atoms with van der Waals surface area (Å²) in [7, 11) is 0. The lowest BCUT2D eigenvalue weighted by atomic mass is 10.0. The second-order valence-electron chi connectivity index (χ2n) is 2.84. The molecule has 2 N–H and O–H groups in total. The van der Waals surface area contributed by atoms with Gasteiger partial charge in [0.15, 0.2) is 5.78 Å². The van der Waals surface area contributed by atoms with Crippen molar-refractivity contribution in [1.29, 1.82) is 0 Å². The maximum atomic E-state index is 11.2. The van der Waals surface area contributed by atoms with Gasteiger partial charge in [0.05, 0.1) is 11.3 Å². The molecule has 0 unspecified atom stereocenters. The molecule has 1 aliphatic carbocycles. The minimum Gasteiger partial charge on any atom is -0.477 e. The van der Waals surface area contributed by atoms with Crippen molar-refractivity contribution in [3.8, 4) is 0 Å². The summed E-state index contributed by atoms with van der Waals surface area (Å²) in [6.07, 6.45) is 2.25. The van der Waals surface area contributed by atoms with Crippen LogP contribution in [0, 0.1) is 0 Å². The third-order valence-corrected chi connectivity index (χ3v) is 1.95. The van der Waals surface area contributed by atoms with Crippen molar-refractivity contribution >= 4 is 17.5 Å². The summed E-state index contributed by atoms with van der Waals surface area (Å²) in [5.41, 5.74) is 0.0187. The first-order valence-electron chi connectivity index (χ1n) is 3.82. The first-order chi connectivity index (χ1) is 6.59. The van der Waals surface area contributed by atoms with Crippen molar-refractivity contribution in [3.63, 3.8) is 0 Å². The SMILES string of the molecule is O=C(O)c1cc2c([nH]1)C(=O)C=CC2=O. The molecule has 0 saturated carbocycles. The number of carbonyl (C=O) groups excluding carboxylic acids is 2. The highest BCUT2D eigenvalue weighted by atomic mass is 16.4. The Hall–Kier alpha value is -2.17. The van der Waals surface area contributed by atoms with Crippen molar-refractivity contribution in [2.45, 2.75) is 0 Å². The zero-order valence-corrected chi connectivity index (χ0v) is 6.90. The number of carbonyl (C=O) groups is 3. The second-order valence-corrected chi connectivity index (χ2v) is 2.84. The molecule has 2 rings (SSSR count). The molecule has 0 bridgehead atoms. The summed E-state index contributed by atoms with van der Waals surface area (Å²) >= 11 is 0. The number of hydrogen-bond donors (Lipinski definition) is 2. The van der Waals surface area contributed by atoms with Crippen molar-refractivity contribution in [1.82, 2.24) is 4.98 Å². The number of H-pyrrole nitrogens is 1. The molecule has 1 aliphatic rings. The van der Waals surface area contributed by atoms with E-state index >= 15 is 0 Å². The van der Waals surface area contributed by atoms with Crippen LogP contribution in [0.1, 0.15) is 31.3 Å². The Balaban J connectivity index is 2.61. The highest BCUT2D eigenvalue weighted by molar-refractivity contribution is 6.22. The van der Waals surface area contributed by atoms with Crippen LogP contribution in [0.3, 0.4) is 0 Å². The number of aromatic carboxylic acids is 1. The Labute approximate surface area is 78.0 Å². The number of hydrogen-bond acceptors (Lipinski definition) is 3. The molecule has 0 atom stereocenters. The van der Waals surface area contributed by atoms with Crippen LogP contribution in [-0.4, -0.2) is 27.6 Å². The Morgan fingerprint density at radius 2 is 1.86 bits per heavy atom. The summed E-state index contributed by atoms with van der Waals surface area (Å²) in [6, 6.07) is 1.17. The van der Waals surface area contributed by atoms with Gasteiger partial charge in [0, 0.05) is 0 Å². The normalized spacial score (nSPS) is 14.3. The van der Waals surface area contributed by atoms with E-state index in [1.807, 2.05) is 0 Å². The molecule has 5 heteroatoms. The third kappa shape index (κ3) is 1.06. The molecule has 5 nitrogen and oxygen atoms in total. The monoisotopic (exact) mass is 191 g/mol. The smallest absolute Gasteiger partial charge is 0.352 e. The van der Waals surface area contributed by atoms with Gasteiger partial charge in [-0.3, -0.25) is 9.59 Å². The van der Waals surface area contributed by atoms with Gasteiger partial charge in [0.2, 0.25) is 5.78 Å². The summed E-state index contributed by atoms with van der Waals surface area (Å²) in [4.78, 5) is 35.4. The zero-order valence-electron chi connectivity index (χ0n) is 6.90. The standard InChI is InChI=1S/C9H5NO4/c11-6-1-2-7(12)8-4(6)3-5(10-8)9(13)14/h1-3,10H,(H,13,14). The average Bonchev–Trinajstić information content (AvgIpc) is 2.57. The first-order valence-corrected chi connectivity index (χ1v) is 3.82. The molecule has 1 heterocycles. The van der Waals surface area contributed by atoms with Gasteiger partial charge in [0.1, 0.15) is 5.69 Å². The number of allylic oxidation sites excluding steroid dienone is 2. The van der Waals surface area contributed by atoms with Gasteiger partial charge in [-0.05, 0) is 18.2 Å². The number of aromatic amines is 1. The lowest BCUT2D eigenvalue weighted by Gasteiger charge is -2.00. The highest BCUT2D eigenvalue weighted by Crippen LogP contribution is 2.17. The minimum absolute atomic E-state index is 0.0508. The summed E-state index contributed by atoms with van der Waals surface area (Å²) in [5, 5.41) is 8.63. The van der Waals surface area contributed by atoms with Crippen LogP contribution < -0.4 is 0 Å². The number of nitrogens with one attached hydrogen (secondary N) is 1. The molecule has 0 saturated heterocycles. The molecule has 0 spiro atoms. The lowest BCUT2D eigenvalue weighted by Crippen LogP contribution is -2.09. The van der Waals surface area contributed by atoms with E-state index in [0.717, 1.165) is 12.2 Å². The van der Waals surface area contributed by atoms with Crippen LogP contribution >= 0.6 is 0 Å². The van der Waals surface area contributed by atoms with E-state index in [-0.39, 0.29) is 28.5 Å². The third-order valence-electron chi connectivity index (χ3n) is 1.95. The largest absolute Gasteiger partial charge is 0.477 e. The van der Waals surface area contributed by atoms with Crippen LogP contribution in [0.2, 0.25) is 0 Å². The molecule has 14 heavy (non-hydrogen) atoms. The van der Waals surface area contributed by atoms with Gasteiger partial charge in [-0.15, -0.1) is 0 Å². The predicted molar refractivity (Wildman–Crippen MR) is 45.6 cm³/mol. The summed E-state index contributed by atoms with van der Waals surface area (Å²) in [5.74, 6) is -1.93. The maximum Gasteiger partial charge on any atom is 0.352 e. The second kappa shape index (κ2) is 2.66. The van der Waals surface area contributed by atoms with Gasteiger partial charge in [0.25, 0.3) is 0 Å². The Morgan fingerprint density at radius 1 is 1.21 bits per heavy atom. The van der Waals surface area contributed by atoms with Crippen LogP contribution in [0.5, 0.6) is 0 Å². The molecule has 0 fully saturated rings. The van der Waals surface area contributed by atoms with Crippen LogP contribution in [0.15, 0.2) is 18.2 Å². The van der Waals surface area contributed by atoms with Crippen LogP contribution in [0.4, 0.5) is 0 Å². The van der Waals surface area contributed by atoms with E-state index in [1.165, 1.54) is 6.07 Å². The molecule has 0 aliphatic heterocycles. The Kier molecular flexibility index (Phi) is 1.60. The summed E-state index contributed by atoms with van der Waals surface area (Å²) < 4.78 is 0. The molecule has 70 valence electrons. The van der Waals surface area contributed by atoms with Crippen molar-refractivity contribution in [2.24, 2.45) is 0 Å². The van der Waals surface area contributed by atoms with E-state index in [2.05, 4.69) is 4.98 Å². The zero-order chi connectivity index (χ0) is 10.3. The van der Waals surface area contributed by atoms with Crippen molar-refractivity contribution < 1.29 is 19.5 Å². The summed E-state index contributed by atoms with van der Waals surface area (Å²) in [6.45, 7) is 0. The first kappa shape index (κ1) is 8.43. The number of rotatable bonds is 1. The molecular formula is C9H5NO4. The predicted octanol–water partition coefficient (Wildman–Crippen LogP) is 0.648. The number of ketones is 2. The molecule has 0 aromatic carbocycles. The Morgan fingerprint density at radius 3 is 2.43 bits per heavy atom. The van der Waals surface area contributed by atoms with Gasteiger partial charge < -0.3 is 10.1 Å². The number of carboxylic acid groups (broad SMARTS) is 1. The number of fused-ring (bicyclic) bond motifs is 1. The van der Waals surface area contributed by atoms with E-state index in [0.29, 0.717) is 0 Å². The molecular weight excluding hydrogens is 186 g/mol. The van der Waals surface area contributed by atoms with E-state index in [1.54, 1.807) is 0 Å². The van der Waals surface area contributed by atoms with Crippen molar-refractivity contribution in [3.05, 3.63) is 35.2 Å². The van der Waals surface area contributed by atoms with Gasteiger partial charge in [-0.25, -0.2) is 4.79 Å². The van der Waals surface area contributed by atoms with Gasteiger partial charge >= 0.3 is 5.97 Å². The Bertz CT molecular complexity index is 446. The van der Waals surface area contributed by atoms with E-state index < -0.39 is 5.97 Å². The van der Waals surface area contributed by atoms with Crippen LogP contribution in [0.25, 0.3) is 0 Å². The number of aromatic nitrogens is 1. The fourth-order valence-electron chi connectivity index (χ4n) is 1.28. The molecule has 1 aromatic heterocycles. The van der Waals surface area contributed by atoms with Crippen LogP contribution in [-0.2, 0) is 0 Å². The lowest BCUT2D eigenvalue weighted by molar-refractivity contribution is 0.0691. The topological polar surface area (TPSA) is 87.2 Å². The highest BCUT2D eigenvalue weighted by Gasteiger charge is 2.23. The maximum absolute atomic E-state index is 11.2. The minimum atomic E-state index is -1.19. The molecule has 0 amide bonds. The van der Waals surface area contributed by atoms with E-state index in [9.17, 15) is 14.4 Å². The fourth-order valence-corrected chi connectivity index (χ4v) is 1.28. The quantitative estimate of drug-likeness (QED) is 0.682. The average molecular weight is 191 g/mol. The number of carboxylic acids is 1. The van der Waals surface area contributed by atoms with E-state index in [4.69, 9.17) is 5.11 Å². The van der Waals surface area contributed by atoms with Crippen molar-refractivity contribution in [2.75, 3.05) is 0 Å². The molecule has 1 aromatic rings. The van der Waals surface area contributed by atoms with Gasteiger partial charge in [-0.2, -0.15) is 0 Å². The van der Waals surface area contributed by atoms with Gasteiger partial charge in [-0.1, -0.05) is 0 Å². The fraction of sp³-hybridized carbons (Fsp3) is 0. The molecule has 0 radical (unpaired) electrons.